The van der Waals surface area contributed by atoms with Crippen LogP contribution in [0.1, 0.15) is 28.1 Å². The Morgan fingerprint density at radius 2 is 2.16 bits per heavy atom. The molecule has 0 saturated carbocycles. The normalized spacial score (nSPS) is 13.3. The van der Waals surface area contributed by atoms with Gasteiger partial charge in [-0.15, -0.1) is 0 Å². The number of aromatic carboxylic acids is 1. The van der Waals surface area contributed by atoms with E-state index in [0.717, 1.165) is 30.6 Å². The molecule has 0 atom stereocenters. The molecule has 1 aromatic carbocycles. The third kappa shape index (κ3) is 1.87. The van der Waals surface area contributed by atoms with Crippen molar-refractivity contribution in [1.82, 2.24) is 5.16 Å². The maximum atomic E-state index is 10.8. The summed E-state index contributed by atoms with van der Waals surface area (Å²) in [6, 6.07) is 5.27. The van der Waals surface area contributed by atoms with Crippen LogP contribution in [0.15, 0.2) is 22.7 Å². The first-order valence-electron chi connectivity index (χ1n) is 6.10. The number of carboxylic acid groups (broad SMARTS) is 1. The van der Waals surface area contributed by atoms with Crippen LogP contribution in [0.3, 0.4) is 0 Å². The molecule has 0 fully saturated rings. The minimum atomic E-state index is -1.11. The van der Waals surface area contributed by atoms with Crippen molar-refractivity contribution < 1.29 is 19.2 Å². The second kappa shape index (κ2) is 4.42. The number of carbonyl (C=O) groups is 1. The van der Waals surface area contributed by atoms with E-state index in [9.17, 15) is 4.79 Å². The fraction of sp³-hybridized carbons (Fsp3) is 0.286. The minimum absolute atomic E-state index is 0.141. The first-order valence-corrected chi connectivity index (χ1v) is 6.10. The van der Waals surface area contributed by atoms with Gasteiger partial charge in [-0.1, -0.05) is 5.16 Å². The van der Waals surface area contributed by atoms with Crippen molar-refractivity contribution in [1.29, 1.82) is 0 Å². The van der Waals surface area contributed by atoms with Crippen molar-refractivity contribution in [3.8, 4) is 17.0 Å². The highest BCUT2D eigenvalue weighted by molar-refractivity contribution is 5.86. The van der Waals surface area contributed by atoms with Gasteiger partial charge >= 0.3 is 5.97 Å². The van der Waals surface area contributed by atoms with Gasteiger partial charge in [-0.3, -0.25) is 0 Å². The molecule has 0 amide bonds. The van der Waals surface area contributed by atoms with Crippen LogP contribution in [-0.2, 0) is 12.8 Å². The first kappa shape index (κ1) is 11.8. The lowest BCUT2D eigenvalue weighted by molar-refractivity contribution is 0.0652. The van der Waals surface area contributed by atoms with Crippen molar-refractivity contribution in [3.05, 3.63) is 35.1 Å². The van der Waals surface area contributed by atoms with Crippen molar-refractivity contribution >= 4 is 5.97 Å². The van der Waals surface area contributed by atoms with Crippen LogP contribution in [0, 0.1) is 0 Å². The standard InChI is InChI=1S/C14H13NO4/c1-18-12-6-5-9(8-3-2-4-10(8)12)11-7-13(14(16)17)19-15-11/h5-7H,2-4H2,1H3,(H,16,17). The van der Waals surface area contributed by atoms with Crippen molar-refractivity contribution in [2.24, 2.45) is 0 Å². The first-order chi connectivity index (χ1) is 9.20. The Hall–Kier alpha value is -2.30. The average molecular weight is 259 g/mol. The summed E-state index contributed by atoms with van der Waals surface area (Å²) in [7, 11) is 1.66. The molecule has 3 rings (SSSR count). The number of hydrogen-bond donors (Lipinski definition) is 1. The summed E-state index contributed by atoms with van der Waals surface area (Å²) in [5.74, 6) is -0.361. The molecule has 0 unspecified atom stereocenters. The molecule has 0 aliphatic heterocycles. The lowest BCUT2D eigenvalue weighted by Crippen LogP contribution is -1.94. The highest BCUT2D eigenvalue weighted by Gasteiger charge is 2.22. The van der Waals surface area contributed by atoms with E-state index in [1.54, 1.807) is 7.11 Å². The Kier molecular flexibility index (Phi) is 2.74. The zero-order valence-corrected chi connectivity index (χ0v) is 10.5. The fourth-order valence-corrected chi connectivity index (χ4v) is 2.61. The molecule has 1 aliphatic rings. The summed E-state index contributed by atoms with van der Waals surface area (Å²) in [5.41, 5.74) is 3.88. The van der Waals surface area contributed by atoms with E-state index < -0.39 is 5.97 Å². The number of benzene rings is 1. The molecular formula is C14H13NO4. The van der Waals surface area contributed by atoms with Gasteiger partial charge in [0, 0.05) is 11.6 Å². The molecule has 1 aromatic heterocycles. The Morgan fingerprint density at radius 1 is 1.37 bits per heavy atom. The predicted octanol–water partition coefficient (Wildman–Crippen LogP) is 2.54. The van der Waals surface area contributed by atoms with Gasteiger partial charge in [0.15, 0.2) is 0 Å². The maximum absolute atomic E-state index is 10.8. The SMILES string of the molecule is COc1ccc(-c2cc(C(=O)O)on2)c2c1CCC2. The predicted molar refractivity (Wildman–Crippen MR) is 67.5 cm³/mol. The van der Waals surface area contributed by atoms with E-state index in [4.69, 9.17) is 14.4 Å². The second-order valence-electron chi connectivity index (χ2n) is 4.51. The number of ether oxygens (including phenoxy) is 1. The fourth-order valence-electron chi connectivity index (χ4n) is 2.61. The van der Waals surface area contributed by atoms with Gasteiger partial charge < -0.3 is 14.4 Å². The van der Waals surface area contributed by atoms with Gasteiger partial charge in [-0.05, 0) is 42.5 Å². The largest absolute Gasteiger partial charge is 0.496 e. The summed E-state index contributed by atoms with van der Waals surface area (Å²) in [6.07, 6.45) is 3.01. The number of aromatic nitrogens is 1. The maximum Gasteiger partial charge on any atom is 0.374 e. The molecule has 1 N–H and O–H groups in total. The Morgan fingerprint density at radius 3 is 2.84 bits per heavy atom. The van der Waals surface area contributed by atoms with Crippen molar-refractivity contribution in [3.63, 3.8) is 0 Å². The van der Waals surface area contributed by atoms with Gasteiger partial charge in [0.1, 0.15) is 11.4 Å². The molecular weight excluding hydrogens is 246 g/mol. The summed E-state index contributed by atoms with van der Waals surface area (Å²) in [5, 5.41) is 12.7. The molecule has 0 radical (unpaired) electrons. The molecule has 98 valence electrons. The van der Waals surface area contributed by atoms with Gasteiger partial charge in [-0.2, -0.15) is 0 Å². The Bertz CT molecular complexity index is 645. The van der Waals surface area contributed by atoms with Crippen LogP contribution in [0.4, 0.5) is 0 Å². The van der Waals surface area contributed by atoms with Gasteiger partial charge in [0.05, 0.1) is 7.11 Å². The van der Waals surface area contributed by atoms with Crippen LogP contribution in [-0.4, -0.2) is 23.3 Å². The van der Waals surface area contributed by atoms with Crippen molar-refractivity contribution in [2.45, 2.75) is 19.3 Å². The number of fused-ring (bicyclic) bond motifs is 1. The lowest BCUT2D eigenvalue weighted by Gasteiger charge is -2.10. The smallest absolute Gasteiger partial charge is 0.374 e. The molecule has 1 aliphatic carbocycles. The van der Waals surface area contributed by atoms with E-state index in [2.05, 4.69) is 5.16 Å². The monoisotopic (exact) mass is 259 g/mol. The van der Waals surface area contributed by atoms with Crippen LogP contribution < -0.4 is 4.74 Å². The number of rotatable bonds is 3. The second-order valence-corrected chi connectivity index (χ2v) is 4.51. The van der Waals surface area contributed by atoms with Crippen LogP contribution >= 0.6 is 0 Å². The summed E-state index contributed by atoms with van der Waals surface area (Å²) >= 11 is 0. The number of methoxy groups -OCH3 is 1. The third-order valence-electron chi connectivity index (χ3n) is 3.46. The number of hydrogen-bond acceptors (Lipinski definition) is 4. The third-order valence-corrected chi connectivity index (χ3v) is 3.46. The van der Waals surface area contributed by atoms with Gasteiger partial charge in [0.2, 0.25) is 5.76 Å². The van der Waals surface area contributed by atoms with E-state index in [1.807, 2.05) is 12.1 Å². The van der Waals surface area contributed by atoms with Crippen LogP contribution in [0.25, 0.3) is 11.3 Å². The molecule has 5 nitrogen and oxygen atoms in total. The van der Waals surface area contributed by atoms with Gasteiger partial charge in [0.25, 0.3) is 0 Å². The molecule has 0 spiro atoms. The van der Waals surface area contributed by atoms with Crippen LogP contribution in [0.5, 0.6) is 5.75 Å². The Balaban J connectivity index is 2.10. The molecule has 0 saturated heterocycles. The van der Waals surface area contributed by atoms with E-state index >= 15 is 0 Å². The zero-order chi connectivity index (χ0) is 13.4. The number of nitrogens with zero attached hydrogens (tertiary/aromatic N) is 1. The van der Waals surface area contributed by atoms with Crippen LogP contribution in [0.2, 0.25) is 0 Å². The molecule has 0 bridgehead atoms. The quantitative estimate of drug-likeness (QED) is 0.916. The summed E-state index contributed by atoms with van der Waals surface area (Å²) in [4.78, 5) is 10.8. The zero-order valence-electron chi connectivity index (χ0n) is 10.5. The van der Waals surface area contributed by atoms with E-state index in [1.165, 1.54) is 17.2 Å². The van der Waals surface area contributed by atoms with E-state index in [-0.39, 0.29) is 5.76 Å². The average Bonchev–Trinajstić information content (AvgIpc) is 3.06. The van der Waals surface area contributed by atoms with E-state index in [0.29, 0.717) is 5.69 Å². The molecule has 19 heavy (non-hydrogen) atoms. The van der Waals surface area contributed by atoms with Gasteiger partial charge in [-0.25, -0.2) is 4.79 Å². The Labute approximate surface area is 109 Å². The number of carboxylic acids is 1. The summed E-state index contributed by atoms with van der Waals surface area (Å²) < 4.78 is 10.2. The lowest BCUT2D eigenvalue weighted by atomic mass is 10.00. The highest BCUT2D eigenvalue weighted by Crippen LogP contribution is 2.37. The molecule has 2 aromatic rings. The highest BCUT2D eigenvalue weighted by atomic mass is 16.5. The molecule has 5 heteroatoms. The molecule has 1 heterocycles. The topological polar surface area (TPSA) is 72.6 Å². The summed E-state index contributed by atoms with van der Waals surface area (Å²) in [6.45, 7) is 0. The van der Waals surface area contributed by atoms with Crippen molar-refractivity contribution in [2.75, 3.05) is 7.11 Å². The minimum Gasteiger partial charge on any atom is -0.496 e.